The quantitative estimate of drug-likeness (QED) is 0.729. The second kappa shape index (κ2) is 6.40. The van der Waals surface area contributed by atoms with Gasteiger partial charge in [0.1, 0.15) is 5.69 Å². The van der Waals surface area contributed by atoms with Crippen LogP contribution in [0.3, 0.4) is 0 Å². The summed E-state index contributed by atoms with van der Waals surface area (Å²) in [6.45, 7) is 4.16. The molecule has 4 heteroatoms. The second-order valence-corrected chi connectivity index (χ2v) is 6.23. The summed E-state index contributed by atoms with van der Waals surface area (Å²) in [6, 6.07) is 18.5. The zero-order valence-electron chi connectivity index (χ0n) is 13.8. The topological polar surface area (TPSA) is 41.9 Å². The molecule has 1 aromatic heterocycles. The van der Waals surface area contributed by atoms with Gasteiger partial charge in [0.15, 0.2) is 11.6 Å². The van der Waals surface area contributed by atoms with Crippen molar-refractivity contribution in [1.82, 2.24) is 15.2 Å². The molecule has 2 aromatic carbocycles. The van der Waals surface area contributed by atoms with Crippen LogP contribution in [0, 0.1) is 6.92 Å². The van der Waals surface area contributed by atoms with Crippen molar-refractivity contribution >= 4 is 5.82 Å². The minimum absolute atomic E-state index is 0.688. The lowest BCUT2D eigenvalue weighted by atomic mass is 10.1. The average Bonchev–Trinajstić information content (AvgIpc) is 3.17. The Morgan fingerprint density at radius 3 is 2.21 bits per heavy atom. The number of benzene rings is 2. The number of hydrogen-bond donors (Lipinski definition) is 0. The molecule has 0 N–H and O–H groups in total. The van der Waals surface area contributed by atoms with Gasteiger partial charge in [-0.3, -0.25) is 0 Å². The third-order valence-corrected chi connectivity index (χ3v) is 4.43. The summed E-state index contributed by atoms with van der Waals surface area (Å²) in [5, 5.41) is 8.94. The highest BCUT2D eigenvalue weighted by Crippen LogP contribution is 2.30. The molecule has 1 fully saturated rings. The van der Waals surface area contributed by atoms with E-state index in [1.807, 2.05) is 30.3 Å². The van der Waals surface area contributed by atoms with Gasteiger partial charge in [0.2, 0.25) is 0 Å². The molecular weight excluding hydrogens is 296 g/mol. The van der Waals surface area contributed by atoms with E-state index in [0.29, 0.717) is 5.82 Å². The summed E-state index contributed by atoms with van der Waals surface area (Å²) >= 11 is 0. The molecule has 0 amide bonds. The van der Waals surface area contributed by atoms with E-state index in [1.165, 1.54) is 18.4 Å². The number of nitrogens with zero attached hydrogens (tertiary/aromatic N) is 4. The lowest BCUT2D eigenvalue weighted by Gasteiger charge is -2.19. The Bertz CT molecular complexity index is 822. The first-order valence-electron chi connectivity index (χ1n) is 8.43. The van der Waals surface area contributed by atoms with Gasteiger partial charge in [0, 0.05) is 24.2 Å². The molecule has 4 rings (SSSR count). The molecule has 1 saturated heterocycles. The molecule has 0 spiro atoms. The van der Waals surface area contributed by atoms with E-state index in [9.17, 15) is 0 Å². The van der Waals surface area contributed by atoms with Crippen molar-refractivity contribution in [3.63, 3.8) is 0 Å². The number of anilines is 1. The van der Waals surface area contributed by atoms with E-state index >= 15 is 0 Å². The maximum absolute atomic E-state index is 4.88. The van der Waals surface area contributed by atoms with Gasteiger partial charge < -0.3 is 4.90 Å². The second-order valence-electron chi connectivity index (χ2n) is 6.23. The van der Waals surface area contributed by atoms with E-state index < -0.39 is 0 Å². The third kappa shape index (κ3) is 2.87. The predicted molar refractivity (Wildman–Crippen MR) is 96.9 cm³/mol. The highest BCUT2D eigenvalue weighted by atomic mass is 15.3. The van der Waals surface area contributed by atoms with Crippen molar-refractivity contribution in [3.05, 3.63) is 60.2 Å². The van der Waals surface area contributed by atoms with Crippen LogP contribution in [0.5, 0.6) is 0 Å². The lowest BCUT2D eigenvalue weighted by molar-refractivity contribution is 0.896. The number of rotatable bonds is 3. The van der Waals surface area contributed by atoms with Gasteiger partial charge in [0.25, 0.3) is 0 Å². The van der Waals surface area contributed by atoms with E-state index in [4.69, 9.17) is 4.98 Å². The van der Waals surface area contributed by atoms with E-state index in [2.05, 4.69) is 46.3 Å². The maximum atomic E-state index is 4.88. The molecule has 0 unspecified atom stereocenters. The fourth-order valence-electron chi connectivity index (χ4n) is 3.07. The molecule has 1 aliphatic heterocycles. The fraction of sp³-hybridized carbons (Fsp3) is 0.250. The molecule has 0 radical (unpaired) electrons. The highest BCUT2D eigenvalue weighted by molar-refractivity contribution is 5.73. The van der Waals surface area contributed by atoms with Gasteiger partial charge >= 0.3 is 0 Å². The molecular formula is C20H20N4. The van der Waals surface area contributed by atoms with Crippen LogP contribution in [0.4, 0.5) is 5.82 Å². The Labute approximate surface area is 142 Å². The summed E-state index contributed by atoms with van der Waals surface area (Å²) < 4.78 is 0. The van der Waals surface area contributed by atoms with E-state index in [1.54, 1.807) is 0 Å². The number of hydrogen-bond acceptors (Lipinski definition) is 4. The smallest absolute Gasteiger partial charge is 0.183 e. The van der Waals surface area contributed by atoms with Crippen LogP contribution in [-0.2, 0) is 0 Å². The van der Waals surface area contributed by atoms with Crippen LogP contribution in [-0.4, -0.2) is 28.3 Å². The van der Waals surface area contributed by atoms with Crippen LogP contribution >= 0.6 is 0 Å². The summed E-state index contributed by atoms with van der Waals surface area (Å²) in [6.07, 6.45) is 2.41. The Kier molecular flexibility index (Phi) is 3.95. The van der Waals surface area contributed by atoms with E-state index in [-0.39, 0.29) is 0 Å². The summed E-state index contributed by atoms with van der Waals surface area (Å²) in [5.41, 5.74) is 4.18. The normalized spacial score (nSPS) is 14.1. The molecule has 0 atom stereocenters. The predicted octanol–water partition coefficient (Wildman–Crippen LogP) is 4.11. The Balaban J connectivity index is 1.82. The van der Waals surface area contributed by atoms with Gasteiger partial charge in [-0.05, 0) is 19.8 Å². The van der Waals surface area contributed by atoms with Crippen LogP contribution < -0.4 is 4.90 Å². The van der Waals surface area contributed by atoms with Crippen LogP contribution in [0.25, 0.3) is 22.6 Å². The van der Waals surface area contributed by atoms with Crippen molar-refractivity contribution in [2.45, 2.75) is 19.8 Å². The summed E-state index contributed by atoms with van der Waals surface area (Å²) in [7, 11) is 0. The first-order valence-corrected chi connectivity index (χ1v) is 8.43. The largest absolute Gasteiger partial charge is 0.355 e. The van der Waals surface area contributed by atoms with Crippen molar-refractivity contribution < 1.29 is 0 Å². The van der Waals surface area contributed by atoms with Gasteiger partial charge in [-0.25, -0.2) is 4.98 Å². The molecule has 3 aromatic rings. The van der Waals surface area contributed by atoms with Crippen molar-refractivity contribution in [3.8, 4) is 22.6 Å². The van der Waals surface area contributed by atoms with Crippen molar-refractivity contribution in [2.24, 2.45) is 0 Å². The first-order chi connectivity index (χ1) is 11.8. The monoisotopic (exact) mass is 316 g/mol. The SMILES string of the molecule is Cc1ccc(-c2nnc(-c3ccccc3)nc2N2CCCC2)cc1. The van der Waals surface area contributed by atoms with Gasteiger partial charge in [0.05, 0.1) is 0 Å². The van der Waals surface area contributed by atoms with Gasteiger partial charge in [-0.15, -0.1) is 10.2 Å². The Hall–Kier alpha value is -2.75. The zero-order chi connectivity index (χ0) is 16.4. The first kappa shape index (κ1) is 14.8. The summed E-state index contributed by atoms with van der Waals surface area (Å²) in [4.78, 5) is 7.21. The fourth-order valence-corrected chi connectivity index (χ4v) is 3.07. The molecule has 2 heterocycles. The maximum Gasteiger partial charge on any atom is 0.183 e. The third-order valence-electron chi connectivity index (χ3n) is 4.43. The Morgan fingerprint density at radius 1 is 0.792 bits per heavy atom. The van der Waals surface area contributed by atoms with Crippen molar-refractivity contribution in [2.75, 3.05) is 18.0 Å². The van der Waals surface area contributed by atoms with Crippen LogP contribution in [0.1, 0.15) is 18.4 Å². The highest BCUT2D eigenvalue weighted by Gasteiger charge is 2.21. The van der Waals surface area contributed by atoms with Gasteiger partial charge in [-0.1, -0.05) is 60.2 Å². The van der Waals surface area contributed by atoms with Gasteiger partial charge in [-0.2, -0.15) is 0 Å². The molecule has 4 nitrogen and oxygen atoms in total. The van der Waals surface area contributed by atoms with Crippen LogP contribution in [0.2, 0.25) is 0 Å². The molecule has 1 aliphatic rings. The van der Waals surface area contributed by atoms with Crippen molar-refractivity contribution in [1.29, 1.82) is 0 Å². The average molecular weight is 316 g/mol. The standard InChI is InChI=1S/C20H20N4/c1-15-9-11-16(12-10-15)18-20(24-13-5-6-14-24)21-19(23-22-18)17-7-3-2-4-8-17/h2-4,7-12H,5-6,13-14H2,1H3. The zero-order valence-corrected chi connectivity index (χ0v) is 13.8. The molecule has 0 saturated carbocycles. The van der Waals surface area contributed by atoms with E-state index in [0.717, 1.165) is 35.7 Å². The molecule has 0 bridgehead atoms. The molecule has 24 heavy (non-hydrogen) atoms. The minimum atomic E-state index is 0.688. The summed E-state index contributed by atoms with van der Waals surface area (Å²) in [5.74, 6) is 1.64. The Morgan fingerprint density at radius 2 is 1.50 bits per heavy atom. The number of aryl methyl sites for hydroxylation is 1. The molecule has 120 valence electrons. The number of aromatic nitrogens is 3. The molecule has 0 aliphatic carbocycles. The lowest BCUT2D eigenvalue weighted by Crippen LogP contribution is -2.21. The van der Waals surface area contributed by atoms with Crippen LogP contribution in [0.15, 0.2) is 54.6 Å². The minimum Gasteiger partial charge on any atom is -0.355 e.